The molecule has 0 aliphatic carbocycles. The van der Waals surface area contributed by atoms with E-state index in [1.165, 1.54) is 10.4 Å². The number of aromatic nitrogens is 1. The molecule has 5 rings (SSSR count). The first-order valence-corrected chi connectivity index (χ1v) is 11.6. The van der Waals surface area contributed by atoms with Crippen LogP contribution in [0, 0.1) is 11.6 Å². The van der Waals surface area contributed by atoms with Crippen molar-refractivity contribution in [2.24, 2.45) is 0 Å². The zero-order valence-electron chi connectivity index (χ0n) is 17.4. The lowest BCUT2D eigenvalue weighted by molar-refractivity contribution is 0.481. The Balaban J connectivity index is 1.73. The highest BCUT2D eigenvalue weighted by Crippen LogP contribution is 2.48. The molecule has 1 N–H and O–H groups in total. The van der Waals surface area contributed by atoms with Crippen molar-refractivity contribution in [3.05, 3.63) is 86.8 Å². The summed E-state index contributed by atoms with van der Waals surface area (Å²) >= 11 is 14.1. The van der Waals surface area contributed by atoms with Gasteiger partial charge in [-0.2, -0.15) is 0 Å². The van der Waals surface area contributed by atoms with Crippen molar-refractivity contribution in [2.45, 2.75) is 26.3 Å². The van der Waals surface area contributed by atoms with Crippen LogP contribution in [-0.4, -0.2) is 3.96 Å². The van der Waals surface area contributed by atoms with Crippen LogP contribution in [0.25, 0.3) is 16.8 Å². The second kappa shape index (κ2) is 7.52. The molecule has 0 saturated heterocycles. The monoisotopic (exact) mass is 464 g/mol. The smallest absolute Gasteiger partial charge is 0.152 e. The lowest BCUT2D eigenvalue weighted by Gasteiger charge is -2.33. The molecule has 1 aromatic heterocycles. The summed E-state index contributed by atoms with van der Waals surface area (Å²) in [5, 5.41) is 4.31. The van der Waals surface area contributed by atoms with Gasteiger partial charge in [0.25, 0.3) is 0 Å². The number of aryl methyl sites for hydroxylation is 1. The molecule has 156 valence electrons. The van der Waals surface area contributed by atoms with Crippen molar-refractivity contribution in [1.29, 1.82) is 0 Å². The molecule has 0 atom stereocenters. The molecule has 0 saturated carbocycles. The van der Waals surface area contributed by atoms with Gasteiger partial charge >= 0.3 is 0 Å². The first-order valence-electron chi connectivity index (χ1n) is 10.0. The lowest BCUT2D eigenvalue weighted by atomic mass is 9.89. The minimum absolute atomic E-state index is 0.250. The summed E-state index contributed by atoms with van der Waals surface area (Å²) in [7, 11) is 0. The number of halogens is 1. The number of benzene rings is 3. The van der Waals surface area contributed by atoms with Crippen LogP contribution < -0.4 is 10.1 Å². The van der Waals surface area contributed by atoms with E-state index in [-0.39, 0.29) is 5.54 Å². The van der Waals surface area contributed by atoms with Crippen molar-refractivity contribution in [3.63, 3.8) is 0 Å². The van der Waals surface area contributed by atoms with Crippen LogP contribution >= 0.6 is 35.4 Å². The van der Waals surface area contributed by atoms with Crippen molar-refractivity contribution >= 4 is 41.0 Å². The molecule has 31 heavy (non-hydrogen) atoms. The fourth-order valence-corrected chi connectivity index (χ4v) is 5.75. The maximum absolute atomic E-state index is 6.40. The van der Waals surface area contributed by atoms with Crippen LogP contribution in [0.5, 0.6) is 11.5 Å². The van der Waals surface area contributed by atoms with Crippen LogP contribution in [0.15, 0.2) is 66.7 Å². The normalized spacial score (nSPS) is 13.8. The molecule has 0 amide bonds. The number of hydrogen-bond acceptors (Lipinski definition) is 4. The first-order chi connectivity index (χ1) is 14.8. The van der Waals surface area contributed by atoms with Gasteiger partial charge in [0.1, 0.15) is 16.1 Å². The summed E-state index contributed by atoms with van der Waals surface area (Å²) in [4.78, 5) is 1.20. The number of nitrogens with one attached hydrogen (secondary N) is 1. The molecule has 1 aliphatic heterocycles. The molecule has 3 nitrogen and oxygen atoms in total. The van der Waals surface area contributed by atoms with Crippen LogP contribution in [0.1, 0.15) is 24.3 Å². The highest BCUT2D eigenvalue weighted by molar-refractivity contribution is 7.71. The van der Waals surface area contributed by atoms with Crippen molar-refractivity contribution in [2.75, 3.05) is 5.32 Å². The van der Waals surface area contributed by atoms with E-state index in [4.69, 9.17) is 28.6 Å². The standard InChI is InChI=1S/C25H21ClN2OS2/c1-15-9-11-19-18(13-15)22-23(25(2,3)27-19)31-28(24(22)30)20-14-16(26)10-12-21(20)29-17-7-5-4-6-8-17/h4-14,27H,1-3H3. The minimum Gasteiger partial charge on any atom is -0.455 e. The van der Waals surface area contributed by atoms with Gasteiger partial charge in [-0.3, -0.25) is 3.96 Å². The Bertz CT molecular complexity index is 1360. The number of fused-ring (bicyclic) bond motifs is 3. The maximum atomic E-state index is 6.40. The van der Waals surface area contributed by atoms with Gasteiger partial charge in [0.05, 0.1) is 10.4 Å². The predicted octanol–water partition coefficient (Wildman–Crippen LogP) is 8.35. The third-order valence-corrected chi connectivity index (χ3v) is 7.57. The Kier molecular flexibility index (Phi) is 4.93. The van der Waals surface area contributed by atoms with Gasteiger partial charge in [0, 0.05) is 21.8 Å². The number of nitrogens with zero attached hydrogens (tertiary/aromatic N) is 1. The zero-order chi connectivity index (χ0) is 21.8. The zero-order valence-corrected chi connectivity index (χ0v) is 19.8. The number of para-hydroxylation sites is 1. The summed E-state index contributed by atoms with van der Waals surface area (Å²) in [5.41, 5.74) is 5.14. The average molecular weight is 465 g/mol. The van der Waals surface area contributed by atoms with Crippen LogP contribution in [0.2, 0.25) is 5.02 Å². The third-order valence-electron chi connectivity index (χ3n) is 5.38. The Morgan fingerprint density at radius 1 is 1.03 bits per heavy atom. The highest BCUT2D eigenvalue weighted by Gasteiger charge is 2.35. The van der Waals surface area contributed by atoms with E-state index >= 15 is 0 Å². The van der Waals surface area contributed by atoms with Crippen molar-refractivity contribution in [3.8, 4) is 28.3 Å². The minimum atomic E-state index is -0.250. The topological polar surface area (TPSA) is 26.2 Å². The summed E-state index contributed by atoms with van der Waals surface area (Å²) in [6, 6.07) is 21.8. The number of ether oxygens (including phenoxy) is 1. The maximum Gasteiger partial charge on any atom is 0.152 e. The molecule has 1 aliphatic rings. The van der Waals surface area contributed by atoms with Crippen molar-refractivity contribution < 1.29 is 4.74 Å². The summed E-state index contributed by atoms with van der Waals surface area (Å²) in [5.74, 6) is 1.47. The van der Waals surface area contributed by atoms with E-state index in [1.54, 1.807) is 11.5 Å². The second-order valence-corrected chi connectivity index (χ2v) is 10.0. The molecule has 0 unspecified atom stereocenters. The largest absolute Gasteiger partial charge is 0.455 e. The van der Waals surface area contributed by atoms with E-state index in [9.17, 15) is 0 Å². The van der Waals surface area contributed by atoms with Gasteiger partial charge < -0.3 is 10.1 Å². The van der Waals surface area contributed by atoms with E-state index in [0.717, 1.165) is 32.9 Å². The molecule has 0 spiro atoms. The van der Waals surface area contributed by atoms with Crippen LogP contribution in [0.4, 0.5) is 5.69 Å². The third kappa shape index (κ3) is 3.57. The van der Waals surface area contributed by atoms with Gasteiger partial charge in [0.15, 0.2) is 5.75 Å². The van der Waals surface area contributed by atoms with Gasteiger partial charge in [0.2, 0.25) is 0 Å². The molecular formula is C25H21ClN2OS2. The number of anilines is 1. The SMILES string of the molecule is Cc1ccc2c(c1)-c1c(sn(-c3cc(Cl)ccc3Oc3ccccc3)c1=S)C(C)(C)N2. The average Bonchev–Trinajstić information content (AvgIpc) is 3.09. The van der Waals surface area contributed by atoms with Gasteiger partial charge in [-0.1, -0.05) is 65.2 Å². The van der Waals surface area contributed by atoms with Gasteiger partial charge in [-0.25, -0.2) is 0 Å². The van der Waals surface area contributed by atoms with Crippen molar-refractivity contribution in [1.82, 2.24) is 3.96 Å². The van der Waals surface area contributed by atoms with Gasteiger partial charge in [-0.15, -0.1) is 0 Å². The van der Waals surface area contributed by atoms with Crippen LogP contribution in [-0.2, 0) is 5.54 Å². The molecule has 2 heterocycles. The quantitative estimate of drug-likeness (QED) is 0.308. The number of hydrogen-bond donors (Lipinski definition) is 1. The molecule has 3 aromatic carbocycles. The summed E-state index contributed by atoms with van der Waals surface area (Å²) in [6.45, 7) is 6.47. The van der Waals surface area contributed by atoms with E-state index in [2.05, 4.69) is 48.2 Å². The van der Waals surface area contributed by atoms with Gasteiger partial charge in [-0.05, 0) is 63.2 Å². The number of rotatable bonds is 3. The molecule has 0 radical (unpaired) electrons. The Labute approximate surface area is 196 Å². The molecule has 0 bridgehead atoms. The summed E-state index contributed by atoms with van der Waals surface area (Å²) < 4.78 is 9.04. The van der Waals surface area contributed by atoms with Crippen LogP contribution in [0.3, 0.4) is 0 Å². The molecule has 6 heteroatoms. The van der Waals surface area contributed by atoms with E-state index in [0.29, 0.717) is 10.8 Å². The molecular weight excluding hydrogens is 444 g/mol. The highest BCUT2D eigenvalue weighted by atomic mass is 35.5. The molecule has 4 aromatic rings. The predicted molar refractivity (Wildman–Crippen MR) is 133 cm³/mol. The Hall–Kier alpha value is -2.60. The first kappa shape index (κ1) is 20.3. The van der Waals surface area contributed by atoms with E-state index in [1.807, 2.05) is 48.5 Å². The fourth-order valence-electron chi connectivity index (χ4n) is 3.92. The summed E-state index contributed by atoms with van der Waals surface area (Å²) in [6.07, 6.45) is 0. The Morgan fingerprint density at radius 3 is 2.58 bits per heavy atom. The lowest BCUT2D eigenvalue weighted by Crippen LogP contribution is -2.30. The molecule has 0 fully saturated rings. The second-order valence-electron chi connectivity index (χ2n) is 8.22. The van der Waals surface area contributed by atoms with E-state index < -0.39 is 0 Å². The Morgan fingerprint density at radius 2 is 1.81 bits per heavy atom. The fraction of sp³-hybridized carbons (Fsp3) is 0.160.